The SMILES string of the molecule is Cc1cc(=O)n(CCOc2ccccc2)c(=O)n1CCOc1ccccc1. The zero-order valence-electron chi connectivity index (χ0n) is 15.2. The third-order valence-electron chi connectivity index (χ3n) is 4.14. The molecule has 0 atom stereocenters. The summed E-state index contributed by atoms with van der Waals surface area (Å²) in [6.07, 6.45) is 0. The van der Waals surface area contributed by atoms with E-state index in [2.05, 4.69) is 0 Å². The Kier molecular flexibility index (Phi) is 6.10. The molecule has 0 fully saturated rings. The van der Waals surface area contributed by atoms with Gasteiger partial charge in [-0.2, -0.15) is 0 Å². The number of aryl methyl sites for hydroxylation is 1. The second kappa shape index (κ2) is 8.89. The van der Waals surface area contributed by atoms with E-state index in [0.29, 0.717) is 24.6 Å². The van der Waals surface area contributed by atoms with Gasteiger partial charge in [0.15, 0.2) is 0 Å². The van der Waals surface area contributed by atoms with Gasteiger partial charge in [-0.25, -0.2) is 4.79 Å². The monoisotopic (exact) mass is 366 g/mol. The highest BCUT2D eigenvalue weighted by atomic mass is 16.5. The Morgan fingerprint density at radius 2 is 1.22 bits per heavy atom. The Morgan fingerprint density at radius 3 is 1.74 bits per heavy atom. The maximum atomic E-state index is 12.7. The zero-order valence-corrected chi connectivity index (χ0v) is 15.2. The number of hydrogen-bond acceptors (Lipinski definition) is 4. The number of ether oxygens (including phenoxy) is 2. The van der Waals surface area contributed by atoms with Crippen LogP contribution >= 0.6 is 0 Å². The highest BCUT2D eigenvalue weighted by Crippen LogP contribution is 2.09. The maximum absolute atomic E-state index is 12.7. The molecule has 3 aromatic rings. The summed E-state index contributed by atoms with van der Waals surface area (Å²) in [5, 5.41) is 0. The van der Waals surface area contributed by atoms with Gasteiger partial charge in [0.2, 0.25) is 0 Å². The fraction of sp³-hybridized carbons (Fsp3) is 0.238. The van der Waals surface area contributed by atoms with Gasteiger partial charge >= 0.3 is 5.69 Å². The summed E-state index contributed by atoms with van der Waals surface area (Å²) in [4.78, 5) is 24.9. The van der Waals surface area contributed by atoms with Crippen molar-refractivity contribution in [2.75, 3.05) is 13.2 Å². The van der Waals surface area contributed by atoms with Gasteiger partial charge in [-0.05, 0) is 31.2 Å². The molecule has 0 aliphatic heterocycles. The molecule has 1 heterocycles. The van der Waals surface area contributed by atoms with Gasteiger partial charge in [0.25, 0.3) is 5.56 Å². The average Bonchev–Trinajstić information content (AvgIpc) is 2.68. The Labute approximate surface area is 157 Å². The smallest absolute Gasteiger partial charge is 0.331 e. The molecule has 0 amide bonds. The van der Waals surface area contributed by atoms with Gasteiger partial charge in [0.05, 0.1) is 13.1 Å². The van der Waals surface area contributed by atoms with Crippen molar-refractivity contribution in [3.05, 3.63) is 93.3 Å². The number of aromatic nitrogens is 2. The minimum Gasteiger partial charge on any atom is -0.492 e. The third kappa shape index (κ3) is 4.88. The lowest BCUT2D eigenvalue weighted by Gasteiger charge is -2.14. The lowest BCUT2D eigenvalue weighted by molar-refractivity contribution is 0.280. The molecule has 3 rings (SSSR count). The molecule has 6 nitrogen and oxygen atoms in total. The van der Waals surface area contributed by atoms with Gasteiger partial charge in [-0.3, -0.25) is 13.9 Å². The summed E-state index contributed by atoms with van der Waals surface area (Å²) in [5.74, 6) is 1.45. The van der Waals surface area contributed by atoms with Crippen LogP contribution in [0.15, 0.2) is 76.3 Å². The van der Waals surface area contributed by atoms with E-state index >= 15 is 0 Å². The Balaban J connectivity index is 1.67. The van der Waals surface area contributed by atoms with Crippen LogP contribution in [0.2, 0.25) is 0 Å². The van der Waals surface area contributed by atoms with Gasteiger partial charge < -0.3 is 9.47 Å². The third-order valence-corrected chi connectivity index (χ3v) is 4.14. The molecule has 140 valence electrons. The molecule has 0 aliphatic rings. The fourth-order valence-corrected chi connectivity index (χ4v) is 2.75. The lowest BCUT2D eigenvalue weighted by Crippen LogP contribution is -2.42. The van der Waals surface area contributed by atoms with Crippen LogP contribution in [0.3, 0.4) is 0 Å². The van der Waals surface area contributed by atoms with Crippen LogP contribution < -0.4 is 20.7 Å². The van der Waals surface area contributed by atoms with E-state index in [0.717, 1.165) is 5.75 Å². The predicted octanol–water partition coefficient (Wildman–Crippen LogP) is 2.48. The fourth-order valence-electron chi connectivity index (χ4n) is 2.75. The molecule has 1 aromatic heterocycles. The van der Waals surface area contributed by atoms with E-state index in [1.54, 1.807) is 11.5 Å². The van der Waals surface area contributed by atoms with Crippen molar-refractivity contribution in [2.45, 2.75) is 20.0 Å². The molecule has 2 aromatic carbocycles. The summed E-state index contributed by atoms with van der Waals surface area (Å²) >= 11 is 0. The van der Waals surface area contributed by atoms with Crippen molar-refractivity contribution in [3.63, 3.8) is 0 Å². The molecule has 0 unspecified atom stereocenters. The Morgan fingerprint density at radius 1 is 0.741 bits per heavy atom. The Hall–Kier alpha value is -3.28. The zero-order chi connectivity index (χ0) is 19.1. The van der Waals surface area contributed by atoms with Crippen molar-refractivity contribution in [1.29, 1.82) is 0 Å². The van der Waals surface area contributed by atoms with Crippen LogP contribution in [0.1, 0.15) is 5.69 Å². The van der Waals surface area contributed by atoms with Crippen molar-refractivity contribution in [2.24, 2.45) is 0 Å². The van der Waals surface area contributed by atoms with Gasteiger partial charge in [0.1, 0.15) is 24.7 Å². The minimum absolute atomic E-state index is 0.187. The van der Waals surface area contributed by atoms with Gasteiger partial charge in [-0.1, -0.05) is 36.4 Å². The van der Waals surface area contributed by atoms with E-state index in [4.69, 9.17) is 9.47 Å². The first-order valence-electron chi connectivity index (χ1n) is 8.82. The molecule has 6 heteroatoms. The number of nitrogens with zero attached hydrogens (tertiary/aromatic N) is 2. The number of hydrogen-bond donors (Lipinski definition) is 0. The first-order chi connectivity index (χ1) is 13.1. The van der Waals surface area contributed by atoms with E-state index in [9.17, 15) is 9.59 Å². The van der Waals surface area contributed by atoms with Crippen molar-refractivity contribution in [1.82, 2.24) is 9.13 Å². The first-order valence-corrected chi connectivity index (χ1v) is 8.82. The van der Waals surface area contributed by atoms with Crippen LogP contribution in [0.25, 0.3) is 0 Å². The van der Waals surface area contributed by atoms with E-state index < -0.39 is 0 Å². The van der Waals surface area contributed by atoms with Crippen LogP contribution in [0.5, 0.6) is 11.5 Å². The van der Waals surface area contributed by atoms with E-state index in [1.807, 2.05) is 60.7 Å². The summed E-state index contributed by atoms with van der Waals surface area (Å²) in [6, 6.07) is 20.2. The van der Waals surface area contributed by atoms with E-state index in [1.165, 1.54) is 10.6 Å². The molecule has 0 bridgehead atoms. The highest BCUT2D eigenvalue weighted by Gasteiger charge is 2.09. The topological polar surface area (TPSA) is 62.5 Å². The molecule has 27 heavy (non-hydrogen) atoms. The predicted molar refractivity (Wildman–Crippen MR) is 104 cm³/mol. The van der Waals surface area contributed by atoms with Crippen molar-refractivity contribution >= 4 is 0 Å². The number of benzene rings is 2. The molecule has 0 N–H and O–H groups in total. The molecular formula is C21H22N2O4. The maximum Gasteiger partial charge on any atom is 0.331 e. The summed E-state index contributed by atoms with van der Waals surface area (Å²) in [7, 11) is 0. The second-order valence-corrected chi connectivity index (χ2v) is 6.03. The standard InChI is InChI=1S/C21H22N2O4/c1-17-16-20(24)23(13-15-27-19-10-6-3-7-11-19)21(25)22(17)12-14-26-18-8-4-2-5-9-18/h2-11,16H,12-15H2,1H3. The lowest BCUT2D eigenvalue weighted by atomic mass is 10.3. The molecule has 0 saturated heterocycles. The molecule has 0 spiro atoms. The number of para-hydroxylation sites is 2. The number of rotatable bonds is 8. The highest BCUT2D eigenvalue weighted by molar-refractivity contribution is 5.21. The van der Waals surface area contributed by atoms with Crippen LogP contribution in [-0.4, -0.2) is 22.3 Å². The van der Waals surface area contributed by atoms with Crippen LogP contribution in [0, 0.1) is 6.92 Å². The largest absolute Gasteiger partial charge is 0.492 e. The molecular weight excluding hydrogens is 344 g/mol. The normalized spacial score (nSPS) is 10.6. The summed E-state index contributed by atoms with van der Waals surface area (Å²) < 4.78 is 14.0. The van der Waals surface area contributed by atoms with Gasteiger partial charge in [0, 0.05) is 11.8 Å². The first kappa shape index (κ1) is 18.5. The van der Waals surface area contributed by atoms with Crippen LogP contribution in [-0.2, 0) is 13.1 Å². The summed E-state index contributed by atoms with van der Waals surface area (Å²) in [5.41, 5.74) is -0.0652. The van der Waals surface area contributed by atoms with Crippen molar-refractivity contribution in [3.8, 4) is 11.5 Å². The average molecular weight is 366 g/mol. The minimum atomic E-state index is -0.353. The molecule has 0 aliphatic carbocycles. The van der Waals surface area contributed by atoms with Crippen LogP contribution in [0.4, 0.5) is 0 Å². The quantitative estimate of drug-likeness (QED) is 0.614. The Bertz CT molecular complexity index is 979. The van der Waals surface area contributed by atoms with Crippen molar-refractivity contribution < 1.29 is 9.47 Å². The second-order valence-electron chi connectivity index (χ2n) is 6.03. The molecule has 0 radical (unpaired) electrons. The summed E-state index contributed by atoms with van der Waals surface area (Å²) in [6.45, 7) is 2.87. The van der Waals surface area contributed by atoms with Gasteiger partial charge in [-0.15, -0.1) is 0 Å². The molecule has 0 saturated carbocycles. The van der Waals surface area contributed by atoms with E-state index in [-0.39, 0.29) is 24.4 Å².